The van der Waals surface area contributed by atoms with Gasteiger partial charge in [-0.3, -0.25) is 14.8 Å². The molecule has 0 aliphatic carbocycles. The highest BCUT2D eigenvalue weighted by Gasteiger charge is 2.22. The van der Waals surface area contributed by atoms with Crippen LogP contribution in [0.4, 0.5) is 10.2 Å². The van der Waals surface area contributed by atoms with Gasteiger partial charge in [0.05, 0.1) is 17.9 Å². The van der Waals surface area contributed by atoms with Crippen LogP contribution in [0.15, 0.2) is 79.4 Å². The zero-order chi connectivity index (χ0) is 24.4. The second kappa shape index (κ2) is 9.40. The lowest BCUT2D eigenvalue weighted by atomic mass is 10.0. The van der Waals surface area contributed by atoms with Crippen molar-refractivity contribution in [1.29, 1.82) is 0 Å². The molecule has 9 heteroatoms. The van der Waals surface area contributed by atoms with Gasteiger partial charge in [0.15, 0.2) is 11.5 Å². The van der Waals surface area contributed by atoms with Crippen LogP contribution in [0.3, 0.4) is 0 Å². The van der Waals surface area contributed by atoms with Crippen LogP contribution < -0.4 is 11.1 Å². The number of hydrogen-bond donors (Lipinski definition) is 2. The molecule has 4 heterocycles. The maximum absolute atomic E-state index is 13.6. The molecule has 0 saturated carbocycles. The molecule has 0 spiro atoms. The lowest BCUT2D eigenvalue weighted by molar-refractivity contribution is -0.117. The summed E-state index contributed by atoms with van der Waals surface area (Å²) < 4.78 is 15.5. The minimum atomic E-state index is -0.794. The van der Waals surface area contributed by atoms with Crippen molar-refractivity contribution in [2.24, 2.45) is 12.8 Å². The van der Waals surface area contributed by atoms with Gasteiger partial charge in [-0.15, -0.1) is 0 Å². The first-order valence-electron chi connectivity index (χ1n) is 11.0. The van der Waals surface area contributed by atoms with Crippen molar-refractivity contribution < 1.29 is 9.18 Å². The molecular weight excluding hydrogens is 445 g/mol. The number of aromatic nitrogens is 5. The summed E-state index contributed by atoms with van der Waals surface area (Å²) in [4.78, 5) is 30.3. The summed E-state index contributed by atoms with van der Waals surface area (Å²) in [6, 6.07) is 14.7. The van der Waals surface area contributed by atoms with E-state index in [-0.39, 0.29) is 17.5 Å². The van der Waals surface area contributed by atoms with E-state index < -0.39 is 6.04 Å². The molecule has 3 N–H and O–H groups in total. The van der Waals surface area contributed by atoms with E-state index in [2.05, 4.69) is 25.3 Å². The molecule has 35 heavy (non-hydrogen) atoms. The monoisotopic (exact) mass is 467 g/mol. The number of anilines is 1. The van der Waals surface area contributed by atoms with Gasteiger partial charge >= 0.3 is 0 Å². The number of nitrogens with two attached hydrogens (primary N) is 1. The summed E-state index contributed by atoms with van der Waals surface area (Å²) in [6.45, 7) is 0. The van der Waals surface area contributed by atoms with Crippen molar-refractivity contribution in [2.75, 3.05) is 5.32 Å². The summed E-state index contributed by atoms with van der Waals surface area (Å²) >= 11 is 0. The molecule has 5 rings (SSSR count). The number of pyridine rings is 2. The Morgan fingerprint density at radius 3 is 2.51 bits per heavy atom. The molecule has 0 bridgehead atoms. The zero-order valence-corrected chi connectivity index (χ0v) is 18.9. The van der Waals surface area contributed by atoms with Gasteiger partial charge in [-0.05, 0) is 59.7 Å². The van der Waals surface area contributed by atoms with Crippen molar-refractivity contribution in [3.63, 3.8) is 0 Å². The van der Waals surface area contributed by atoms with E-state index in [0.717, 1.165) is 28.1 Å². The fraction of sp³-hybridized carbons (Fsp3) is 0.115. The summed E-state index contributed by atoms with van der Waals surface area (Å²) in [5, 5.41) is 2.76. The fourth-order valence-corrected chi connectivity index (χ4v) is 4.03. The summed E-state index contributed by atoms with van der Waals surface area (Å²) in [5.41, 5.74) is 11.4. The topological polar surface area (TPSA) is 112 Å². The van der Waals surface area contributed by atoms with E-state index >= 15 is 0 Å². The number of carbonyl (C=O) groups is 1. The number of hydrogen-bond acceptors (Lipinski definition) is 6. The average Bonchev–Trinajstić information content (AvgIpc) is 3.17. The number of fused-ring (bicyclic) bond motifs is 1. The van der Waals surface area contributed by atoms with Crippen molar-refractivity contribution in [2.45, 2.75) is 12.5 Å². The molecule has 0 aliphatic heterocycles. The largest absolute Gasteiger partial charge is 0.326 e. The van der Waals surface area contributed by atoms with Gasteiger partial charge in [0.1, 0.15) is 11.3 Å². The Kier molecular flexibility index (Phi) is 5.99. The molecule has 0 radical (unpaired) electrons. The van der Waals surface area contributed by atoms with Gasteiger partial charge in [-0.1, -0.05) is 6.07 Å². The van der Waals surface area contributed by atoms with Gasteiger partial charge in [0.25, 0.3) is 0 Å². The molecule has 0 aliphatic rings. The molecule has 0 fully saturated rings. The van der Waals surface area contributed by atoms with Crippen LogP contribution in [0.2, 0.25) is 0 Å². The molecule has 5 aromatic rings. The third-order valence-corrected chi connectivity index (χ3v) is 5.71. The lowest BCUT2D eigenvalue weighted by Gasteiger charge is -2.11. The second-order valence-electron chi connectivity index (χ2n) is 8.07. The van der Waals surface area contributed by atoms with Gasteiger partial charge in [-0.2, -0.15) is 0 Å². The second-order valence-corrected chi connectivity index (χ2v) is 8.07. The number of amides is 1. The first-order valence-corrected chi connectivity index (χ1v) is 11.0. The normalized spacial score (nSPS) is 12.0. The maximum atomic E-state index is 13.6. The number of rotatable bonds is 6. The molecule has 4 aromatic heterocycles. The Bertz CT molecular complexity index is 1490. The first kappa shape index (κ1) is 22.3. The van der Waals surface area contributed by atoms with Crippen molar-refractivity contribution in [3.05, 3.63) is 90.9 Å². The third-order valence-electron chi connectivity index (χ3n) is 5.71. The number of benzene rings is 1. The molecule has 0 unspecified atom stereocenters. The molecule has 1 atom stereocenters. The molecule has 1 amide bonds. The van der Waals surface area contributed by atoms with Crippen molar-refractivity contribution in [3.8, 4) is 22.4 Å². The Balaban J connectivity index is 1.53. The zero-order valence-electron chi connectivity index (χ0n) is 18.9. The molecule has 8 nitrogen and oxygen atoms in total. The molecular formula is C26H22FN7O. The van der Waals surface area contributed by atoms with Gasteiger partial charge in [0, 0.05) is 43.3 Å². The molecule has 174 valence electrons. The van der Waals surface area contributed by atoms with Gasteiger partial charge in [0.2, 0.25) is 5.91 Å². The van der Waals surface area contributed by atoms with Crippen LogP contribution >= 0.6 is 0 Å². The average molecular weight is 468 g/mol. The summed E-state index contributed by atoms with van der Waals surface area (Å²) in [6.07, 6.45) is 6.87. The van der Waals surface area contributed by atoms with Crippen LogP contribution in [0.25, 0.3) is 33.5 Å². The van der Waals surface area contributed by atoms with Crippen LogP contribution in [-0.2, 0) is 18.3 Å². The smallest absolute Gasteiger partial charge is 0.242 e. The van der Waals surface area contributed by atoms with Gasteiger partial charge in [-0.25, -0.2) is 14.4 Å². The van der Waals surface area contributed by atoms with E-state index in [1.54, 1.807) is 36.8 Å². The summed E-state index contributed by atoms with van der Waals surface area (Å²) in [5.74, 6) is -0.417. The van der Waals surface area contributed by atoms with Crippen LogP contribution in [-0.4, -0.2) is 36.5 Å². The summed E-state index contributed by atoms with van der Waals surface area (Å²) in [7, 11) is 1.86. The van der Waals surface area contributed by atoms with E-state index in [0.29, 0.717) is 17.6 Å². The van der Waals surface area contributed by atoms with Crippen LogP contribution in [0.5, 0.6) is 0 Å². The van der Waals surface area contributed by atoms with Crippen LogP contribution in [0.1, 0.15) is 5.69 Å². The van der Waals surface area contributed by atoms with Gasteiger partial charge < -0.3 is 15.6 Å². The molecule has 1 aromatic carbocycles. The number of nitrogens with one attached hydrogen (secondary N) is 1. The fourth-order valence-electron chi connectivity index (χ4n) is 4.03. The Hall–Kier alpha value is -4.50. The Morgan fingerprint density at radius 1 is 1.03 bits per heavy atom. The van der Waals surface area contributed by atoms with E-state index in [1.165, 1.54) is 18.3 Å². The number of nitrogens with zero attached hydrogens (tertiary/aromatic N) is 5. The third kappa shape index (κ3) is 4.49. The van der Waals surface area contributed by atoms with Crippen LogP contribution in [0, 0.1) is 5.82 Å². The predicted molar refractivity (Wildman–Crippen MR) is 132 cm³/mol. The Morgan fingerprint density at radius 2 is 1.80 bits per heavy atom. The van der Waals surface area contributed by atoms with E-state index in [9.17, 15) is 9.18 Å². The number of carbonyl (C=O) groups excluding carboxylic acids is 1. The highest BCUT2D eigenvalue weighted by molar-refractivity contribution is 6.02. The minimum absolute atomic E-state index is 0.284. The highest BCUT2D eigenvalue weighted by Crippen LogP contribution is 2.39. The highest BCUT2D eigenvalue weighted by atomic mass is 19.1. The first-order chi connectivity index (χ1) is 17.0. The predicted octanol–water partition coefficient (Wildman–Crippen LogP) is 3.74. The standard InChI is InChI=1S/C26H22FN7O/c1-34-24(17-5-7-18(27)8-6-17)22(16-9-12-29-13-10-16)23-25(34)32-21(15-31-23)33-26(35)20(28)14-19-4-2-3-11-30-19/h2-13,15,20H,14,28H2,1H3,(H,32,33,35)/t20-/m0/s1. The molecule has 0 saturated heterocycles. The number of halogens is 1. The SMILES string of the molecule is Cn1c(-c2ccc(F)cc2)c(-c2ccncc2)c2ncc(NC(=O)[C@@H](N)Cc3ccccn3)nc21. The van der Waals surface area contributed by atoms with E-state index in [1.807, 2.05) is 35.9 Å². The lowest BCUT2D eigenvalue weighted by Crippen LogP contribution is -2.37. The van der Waals surface area contributed by atoms with Crippen molar-refractivity contribution >= 4 is 22.9 Å². The minimum Gasteiger partial charge on any atom is -0.326 e. The van der Waals surface area contributed by atoms with Crippen molar-refractivity contribution in [1.82, 2.24) is 24.5 Å². The Labute approximate surface area is 200 Å². The quantitative estimate of drug-likeness (QED) is 0.394. The van der Waals surface area contributed by atoms with E-state index in [4.69, 9.17) is 5.73 Å². The maximum Gasteiger partial charge on any atom is 0.242 e. The number of aryl methyl sites for hydroxylation is 1.